The molecule has 11 heteroatoms. The molecule has 9 nitrogen and oxygen atoms in total. The van der Waals surface area contributed by atoms with Gasteiger partial charge in [-0.3, -0.25) is 4.57 Å². The van der Waals surface area contributed by atoms with Crippen molar-refractivity contribution in [3.63, 3.8) is 0 Å². The van der Waals surface area contributed by atoms with Crippen LogP contribution in [0.25, 0.3) is 17.0 Å². The number of para-hydroxylation sites is 2. The summed E-state index contributed by atoms with van der Waals surface area (Å²) in [4.78, 5) is 20.3. The van der Waals surface area contributed by atoms with Crippen LogP contribution < -0.4 is 15.5 Å². The number of aromatic nitrogens is 5. The highest BCUT2D eigenvalue weighted by Gasteiger charge is 2.28. The summed E-state index contributed by atoms with van der Waals surface area (Å²) >= 11 is 0. The van der Waals surface area contributed by atoms with E-state index in [-0.39, 0.29) is 11.9 Å². The molecule has 3 aromatic rings. The van der Waals surface area contributed by atoms with E-state index >= 15 is 0 Å². The highest BCUT2D eigenvalue weighted by Crippen LogP contribution is 2.32. The molecule has 0 amide bonds. The van der Waals surface area contributed by atoms with E-state index in [2.05, 4.69) is 51.4 Å². The largest absolute Gasteiger partial charge is 0.378 e. The monoisotopic (exact) mass is 576 g/mol. The number of morpholine rings is 1. The average molecular weight is 577 g/mol. The van der Waals surface area contributed by atoms with Crippen LogP contribution in [-0.2, 0) is 4.74 Å². The van der Waals surface area contributed by atoms with Crippen molar-refractivity contribution in [1.82, 2.24) is 29.8 Å². The van der Waals surface area contributed by atoms with Gasteiger partial charge in [0.25, 0.3) is 6.43 Å². The van der Waals surface area contributed by atoms with E-state index in [4.69, 9.17) is 16.1 Å². The van der Waals surface area contributed by atoms with Gasteiger partial charge in [-0.05, 0) is 76.7 Å². The van der Waals surface area contributed by atoms with Crippen molar-refractivity contribution in [2.24, 2.45) is 5.92 Å². The molecule has 0 saturated carbocycles. The first-order valence-electron chi connectivity index (χ1n) is 14.5. The maximum Gasteiger partial charge on any atom is 0.296 e. The number of rotatable bonds is 9. The molecule has 5 rings (SSSR count). The Bertz CT molecular complexity index is 1490. The Labute approximate surface area is 245 Å². The maximum atomic E-state index is 14.2. The molecule has 0 radical (unpaired) electrons. The number of fused-ring (bicyclic) bond motifs is 1. The highest BCUT2D eigenvalue weighted by atomic mass is 19.3. The first kappa shape index (κ1) is 29.6. The van der Waals surface area contributed by atoms with Crippen LogP contribution in [0.5, 0.6) is 0 Å². The van der Waals surface area contributed by atoms with Gasteiger partial charge in [-0.1, -0.05) is 30.2 Å². The van der Waals surface area contributed by atoms with Crippen molar-refractivity contribution >= 4 is 22.9 Å². The molecule has 42 heavy (non-hydrogen) atoms. The molecule has 1 aromatic carbocycles. The smallest absolute Gasteiger partial charge is 0.296 e. The highest BCUT2D eigenvalue weighted by molar-refractivity contribution is 5.77. The molecule has 2 N–H and O–H groups in total. The van der Waals surface area contributed by atoms with Crippen molar-refractivity contribution in [3.05, 3.63) is 53.4 Å². The number of allylic oxidation sites excluding steroid dienone is 3. The molecule has 2 aliphatic heterocycles. The van der Waals surface area contributed by atoms with Crippen LogP contribution in [0.15, 0.2) is 47.6 Å². The van der Waals surface area contributed by atoms with E-state index in [1.807, 2.05) is 17.9 Å². The zero-order valence-corrected chi connectivity index (χ0v) is 24.4. The Morgan fingerprint density at radius 3 is 2.55 bits per heavy atom. The lowest BCUT2D eigenvalue weighted by molar-refractivity contribution is 0.122. The lowest BCUT2D eigenvalue weighted by Crippen LogP contribution is -2.38. The Hall–Kier alpha value is -3.88. The topological polar surface area (TPSA) is 93.0 Å². The summed E-state index contributed by atoms with van der Waals surface area (Å²) in [5.74, 6) is 3.66. The Morgan fingerprint density at radius 2 is 1.86 bits per heavy atom. The zero-order chi connectivity index (χ0) is 29.7. The first-order valence-corrected chi connectivity index (χ1v) is 14.5. The second-order valence-corrected chi connectivity index (χ2v) is 11.2. The van der Waals surface area contributed by atoms with Crippen LogP contribution >= 0.6 is 0 Å². The average Bonchev–Trinajstić information content (AvgIpc) is 3.38. The number of hydrogen-bond acceptors (Lipinski definition) is 8. The second kappa shape index (κ2) is 13.0. The van der Waals surface area contributed by atoms with Crippen LogP contribution in [0.2, 0.25) is 0 Å². The lowest BCUT2D eigenvalue weighted by Gasteiger charge is -2.31. The van der Waals surface area contributed by atoms with Gasteiger partial charge < -0.3 is 20.3 Å². The molecule has 4 heterocycles. The molecule has 222 valence electrons. The van der Waals surface area contributed by atoms with E-state index in [1.165, 1.54) is 4.57 Å². The lowest BCUT2D eigenvalue weighted by atomic mass is 9.83. The van der Waals surface area contributed by atoms with Gasteiger partial charge in [0.1, 0.15) is 0 Å². The van der Waals surface area contributed by atoms with Crippen LogP contribution in [0.4, 0.5) is 20.7 Å². The summed E-state index contributed by atoms with van der Waals surface area (Å²) in [6, 6.07) is 6.98. The van der Waals surface area contributed by atoms with E-state index in [0.29, 0.717) is 55.6 Å². The number of alkyl halides is 2. The van der Waals surface area contributed by atoms with Gasteiger partial charge in [-0.2, -0.15) is 15.0 Å². The van der Waals surface area contributed by atoms with Gasteiger partial charge in [-0.15, -0.1) is 6.42 Å². The van der Waals surface area contributed by atoms with E-state index in [1.54, 1.807) is 24.3 Å². The van der Waals surface area contributed by atoms with Gasteiger partial charge in [0.05, 0.1) is 24.2 Å². The number of benzene rings is 1. The van der Waals surface area contributed by atoms with Gasteiger partial charge >= 0.3 is 0 Å². The summed E-state index contributed by atoms with van der Waals surface area (Å²) in [5, 5.41) is 6.88. The van der Waals surface area contributed by atoms with Crippen LogP contribution in [0, 0.1) is 18.3 Å². The molecule has 2 fully saturated rings. The third-order valence-electron chi connectivity index (χ3n) is 7.59. The number of nitrogens with one attached hydrogen (secondary N) is 2. The fraction of sp³-hybridized carbons (Fsp3) is 0.484. The summed E-state index contributed by atoms with van der Waals surface area (Å²) in [5.41, 5.74) is 2.52. The third kappa shape index (κ3) is 6.61. The Morgan fingerprint density at radius 1 is 1.14 bits per heavy atom. The number of halogens is 2. The summed E-state index contributed by atoms with van der Waals surface area (Å²) in [7, 11) is 0. The maximum absolute atomic E-state index is 14.2. The predicted molar refractivity (Wildman–Crippen MR) is 161 cm³/mol. The minimum Gasteiger partial charge on any atom is -0.378 e. The van der Waals surface area contributed by atoms with Crippen molar-refractivity contribution in [3.8, 4) is 18.3 Å². The fourth-order valence-electron chi connectivity index (χ4n) is 5.67. The van der Waals surface area contributed by atoms with Crippen LogP contribution in [0.1, 0.15) is 52.3 Å². The molecule has 0 unspecified atom stereocenters. The molecule has 0 bridgehead atoms. The van der Waals surface area contributed by atoms with Crippen LogP contribution in [-0.4, -0.2) is 69.4 Å². The van der Waals surface area contributed by atoms with Crippen molar-refractivity contribution in [2.45, 2.75) is 52.0 Å². The number of terminal acetylenes is 1. The fourth-order valence-corrected chi connectivity index (χ4v) is 5.67. The number of piperidine rings is 1. The minimum atomic E-state index is -2.82. The summed E-state index contributed by atoms with van der Waals surface area (Å²) in [6.45, 7) is 10.2. The number of nitrogens with zero attached hydrogens (tertiary/aromatic N) is 6. The first-order chi connectivity index (χ1) is 20.3. The normalized spacial score (nSPS) is 17.6. The molecule has 2 saturated heterocycles. The van der Waals surface area contributed by atoms with Crippen LogP contribution in [0.3, 0.4) is 0 Å². The van der Waals surface area contributed by atoms with E-state index in [0.717, 1.165) is 37.1 Å². The van der Waals surface area contributed by atoms with Crippen molar-refractivity contribution < 1.29 is 13.5 Å². The third-order valence-corrected chi connectivity index (χ3v) is 7.59. The van der Waals surface area contributed by atoms with Gasteiger partial charge in [0.15, 0.2) is 5.82 Å². The number of ether oxygens (including phenoxy) is 1. The predicted octanol–water partition coefficient (Wildman–Crippen LogP) is 5.07. The molecular formula is C31H38F2N8O. The molecule has 2 aliphatic rings. The second-order valence-electron chi connectivity index (χ2n) is 11.2. The summed E-state index contributed by atoms with van der Waals surface area (Å²) < 4.78 is 35.3. The van der Waals surface area contributed by atoms with Gasteiger partial charge in [0, 0.05) is 24.2 Å². The standard InChI is InChI=1S/C31H38F2N8O/c1-5-9-22(23(6-2)21-12-14-34-15-13-21)20-31(3,4)39-28-36-29(40-16-18-42-19-17-40)38-30(37-28)41-25-11-8-7-10-24(25)35-27(41)26(32)33/h2,5,7-11,21,26,34H,12-20H2,1,3-4H3,(H,36,37,38,39)/b9-5-,23-22-. The van der Waals surface area contributed by atoms with Gasteiger partial charge in [-0.25, -0.2) is 13.8 Å². The van der Waals surface area contributed by atoms with E-state index < -0.39 is 17.8 Å². The van der Waals surface area contributed by atoms with Crippen molar-refractivity contribution in [2.75, 3.05) is 49.6 Å². The van der Waals surface area contributed by atoms with E-state index in [9.17, 15) is 8.78 Å². The Kier molecular flexibility index (Phi) is 9.14. The minimum absolute atomic E-state index is 0.0806. The Balaban J connectivity index is 1.55. The number of hydrogen-bond donors (Lipinski definition) is 2. The molecule has 0 atom stereocenters. The van der Waals surface area contributed by atoms with Crippen molar-refractivity contribution in [1.29, 1.82) is 0 Å². The molecular weight excluding hydrogens is 538 g/mol. The molecule has 0 aliphatic carbocycles. The van der Waals surface area contributed by atoms with Gasteiger partial charge in [0.2, 0.25) is 17.8 Å². The molecule has 0 spiro atoms. The molecule has 2 aromatic heterocycles. The number of anilines is 2. The quantitative estimate of drug-likeness (QED) is 0.270. The summed E-state index contributed by atoms with van der Waals surface area (Å²) in [6.07, 6.45) is 9.96. The SMILES string of the molecule is C#C/C(=C(\C=C/C)CC(C)(C)Nc1nc(N2CCOCC2)nc(-n2c(C(F)F)nc3ccccc32)n1)C1CCNCC1. The number of imidazole rings is 1. The zero-order valence-electron chi connectivity index (χ0n) is 24.4.